The summed E-state index contributed by atoms with van der Waals surface area (Å²) in [6.45, 7) is 3.33. The fourth-order valence-electron chi connectivity index (χ4n) is 2.64. The van der Waals surface area contributed by atoms with Crippen molar-refractivity contribution in [2.24, 2.45) is 0 Å². The van der Waals surface area contributed by atoms with Gasteiger partial charge in [-0.25, -0.2) is 0 Å². The predicted molar refractivity (Wildman–Crippen MR) is 85.7 cm³/mol. The molecule has 0 aliphatic carbocycles. The molecule has 1 saturated heterocycles. The van der Waals surface area contributed by atoms with Gasteiger partial charge in [-0.3, -0.25) is 4.79 Å². The Balaban J connectivity index is 1.41. The molecule has 2 heterocycles. The average molecular weight is 336 g/mol. The Labute approximate surface area is 139 Å². The van der Waals surface area contributed by atoms with Gasteiger partial charge >= 0.3 is 0 Å². The van der Waals surface area contributed by atoms with E-state index in [1.54, 1.807) is 12.1 Å². The van der Waals surface area contributed by atoms with Crippen LogP contribution < -0.4 is 5.32 Å². The van der Waals surface area contributed by atoms with E-state index in [0.717, 1.165) is 38.0 Å². The van der Waals surface area contributed by atoms with Crippen LogP contribution in [0.2, 0.25) is 5.02 Å². The van der Waals surface area contributed by atoms with Gasteiger partial charge in [0, 0.05) is 36.5 Å². The van der Waals surface area contributed by atoms with Gasteiger partial charge < -0.3 is 14.6 Å². The smallest absolute Gasteiger partial charge is 0.271 e. The fraction of sp³-hybridized carbons (Fsp3) is 0.438. The third-order valence-corrected chi connectivity index (χ3v) is 4.14. The van der Waals surface area contributed by atoms with E-state index in [1.807, 2.05) is 17.0 Å². The second kappa shape index (κ2) is 7.57. The first-order valence-electron chi connectivity index (χ1n) is 7.90. The molecule has 1 aliphatic heterocycles. The number of amides is 1. The van der Waals surface area contributed by atoms with Crippen LogP contribution >= 0.6 is 11.6 Å². The lowest BCUT2D eigenvalue weighted by molar-refractivity contribution is -0.673. The molecule has 0 atom stereocenters. The lowest BCUT2D eigenvalue weighted by Crippen LogP contribution is -2.82. The Morgan fingerprint density at radius 3 is 2.83 bits per heavy atom. The van der Waals surface area contributed by atoms with Crippen molar-refractivity contribution in [3.63, 3.8) is 0 Å². The third kappa shape index (κ3) is 4.30. The van der Waals surface area contributed by atoms with Gasteiger partial charge in [-0.1, -0.05) is 11.6 Å². The molecule has 6 nitrogen and oxygen atoms in total. The highest BCUT2D eigenvalue weighted by molar-refractivity contribution is 6.30. The molecule has 2 N–H and O–H groups in total. The second-order valence-corrected chi connectivity index (χ2v) is 6.06. The molecule has 7 heteroatoms. The number of hydrogen-bond donors (Lipinski definition) is 1. The average Bonchev–Trinajstić information content (AvgIpc) is 3.17. The molecule has 122 valence electrons. The summed E-state index contributed by atoms with van der Waals surface area (Å²) in [5.74, 6) is 1.40. The van der Waals surface area contributed by atoms with Crippen LogP contribution in [-0.2, 0) is 11.3 Å². The SMILES string of the molecule is O=C1CCCN1CCC[NH2+]Cc1nnc(-c2ccc(Cl)cc2)o1. The molecule has 1 amide bonds. The van der Waals surface area contributed by atoms with Crippen molar-refractivity contribution in [3.8, 4) is 11.5 Å². The maximum Gasteiger partial charge on any atom is 0.271 e. The molecule has 1 aromatic heterocycles. The highest BCUT2D eigenvalue weighted by Gasteiger charge is 2.19. The lowest BCUT2D eigenvalue weighted by atomic mass is 10.2. The van der Waals surface area contributed by atoms with Crippen molar-refractivity contribution in [2.75, 3.05) is 19.6 Å². The van der Waals surface area contributed by atoms with Crippen molar-refractivity contribution < 1.29 is 14.5 Å². The molecular formula is C16H20ClN4O2+. The first-order chi connectivity index (χ1) is 11.2. The van der Waals surface area contributed by atoms with E-state index in [0.29, 0.717) is 29.8 Å². The number of rotatable bonds is 7. The Kier molecular flexibility index (Phi) is 5.25. The predicted octanol–water partition coefficient (Wildman–Crippen LogP) is 1.47. The highest BCUT2D eigenvalue weighted by Crippen LogP contribution is 2.19. The highest BCUT2D eigenvalue weighted by atomic mass is 35.5. The monoisotopic (exact) mass is 335 g/mol. The summed E-state index contributed by atoms with van der Waals surface area (Å²) in [4.78, 5) is 13.4. The minimum absolute atomic E-state index is 0.287. The molecule has 0 spiro atoms. The molecule has 1 aromatic carbocycles. The van der Waals surface area contributed by atoms with Gasteiger partial charge in [0.1, 0.15) is 0 Å². The topological polar surface area (TPSA) is 75.8 Å². The zero-order valence-corrected chi connectivity index (χ0v) is 13.6. The number of hydrogen-bond acceptors (Lipinski definition) is 4. The Hall–Kier alpha value is -1.92. The van der Waals surface area contributed by atoms with E-state index in [9.17, 15) is 4.79 Å². The molecule has 1 aliphatic rings. The van der Waals surface area contributed by atoms with E-state index in [2.05, 4.69) is 15.5 Å². The molecule has 0 radical (unpaired) electrons. The van der Waals surface area contributed by atoms with Crippen LogP contribution in [0.1, 0.15) is 25.2 Å². The van der Waals surface area contributed by atoms with Gasteiger partial charge in [-0.05, 0) is 30.7 Å². The Morgan fingerprint density at radius 1 is 1.26 bits per heavy atom. The Morgan fingerprint density at radius 2 is 2.09 bits per heavy atom. The second-order valence-electron chi connectivity index (χ2n) is 5.63. The van der Waals surface area contributed by atoms with E-state index < -0.39 is 0 Å². The summed E-state index contributed by atoms with van der Waals surface area (Å²) < 4.78 is 5.65. The summed E-state index contributed by atoms with van der Waals surface area (Å²) in [6.07, 6.45) is 2.68. The van der Waals surface area contributed by atoms with Gasteiger partial charge in [0.15, 0.2) is 6.54 Å². The van der Waals surface area contributed by atoms with E-state index in [1.165, 1.54) is 0 Å². The fourth-order valence-corrected chi connectivity index (χ4v) is 2.76. The normalized spacial score (nSPS) is 14.7. The molecule has 3 rings (SSSR count). The number of nitrogens with zero attached hydrogens (tertiary/aromatic N) is 3. The first-order valence-corrected chi connectivity index (χ1v) is 8.28. The summed E-state index contributed by atoms with van der Waals surface area (Å²) in [6, 6.07) is 7.31. The molecule has 1 fully saturated rings. The minimum atomic E-state index is 0.287. The molecule has 0 saturated carbocycles. The quantitative estimate of drug-likeness (QED) is 0.777. The van der Waals surface area contributed by atoms with Crippen LogP contribution in [0.4, 0.5) is 0 Å². The van der Waals surface area contributed by atoms with Gasteiger partial charge in [0.25, 0.3) is 5.89 Å². The summed E-state index contributed by atoms with van der Waals surface area (Å²) in [5, 5.41) is 10.9. The third-order valence-electron chi connectivity index (χ3n) is 3.88. The van der Waals surface area contributed by atoms with Crippen molar-refractivity contribution in [1.29, 1.82) is 0 Å². The van der Waals surface area contributed by atoms with Crippen LogP contribution in [0.3, 0.4) is 0 Å². The number of benzene rings is 1. The van der Waals surface area contributed by atoms with Crippen molar-refractivity contribution in [1.82, 2.24) is 15.1 Å². The molecule has 0 bridgehead atoms. The molecular weight excluding hydrogens is 316 g/mol. The van der Waals surface area contributed by atoms with E-state index in [-0.39, 0.29) is 5.91 Å². The lowest BCUT2D eigenvalue weighted by Gasteiger charge is -2.14. The number of carbonyl (C=O) groups excluding carboxylic acids is 1. The van der Waals surface area contributed by atoms with E-state index >= 15 is 0 Å². The van der Waals surface area contributed by atoms with Crippen LogP contribution in [0.15, 0.2) is 28.7 Å². The van der Waals surface area contributed by atoms with Crippen molar-refractivity contribution in [2.45, 2.75) is 25.8 Å². The molecule has 2 aromatic rings. The zero-order valence-electron chi connectivity index (χ0n) is 12.9. The number of likely N-dealkylation sites (tertiary alicyclic amines) is 1. The summed E-state index contributed by atoms with van der Waals surface area (Å²) in [7, 11) is 0. The maximum absolute atomic E-state index is 11.5. The number of carbonyl (C=O) groups is 1. The van der Waals surface area contributed by atoms with Crippen LogP contribution in [0.25, 0.3) is 11.5 Å². The number of aromatic nitrogens is 2. The number of nitrogens with two attached hydrogens (primary N) is 1. The molecule has 23 heavy (non-hydrogen) atoms. The van der Waals surface area contributed by atoms with Gasteiger partial charge in [0.05, 0.1) is 6.54 Å². The maximum atomic E-state index is 11.5. The summed E-state index contributed by atoms with van der Waals surface area (Å²) in [5.41, 5.74) is 0.862. The summed E-state index contributed by atoms with van der Waals surface area (Å²) >= 11 is 5.86. The zero-order chi connectivity index (χ0) is 16.1. The van der Waals surface area contributed by atoms with Crippen LogP contribution in [0, 0.1) is 0 Å². The van der Waals surface area contributed by atoms with Crippen LogP contribution in [-0.4, -0.2) is 40.6 Å². The standard InChI is InChI=1S/C16H19ClN4O2/c17-13-6-4-12(5-7-13)16-20-19-14(23-16)11-18-8-2-10-21-9-1-3-15(21)22/h4-7,18H,1-3,8-11H2/p+1. The van der Waals surface area contributed by atoms with Gasteiger partial charge in [0.2, 0.25) is 11.8 Å². The van der Waals surface area contributed by atoms with Crippen molar-refractivity contribution in [3.05, 3.63) is 35.2 Å². The largest absolute Gasteiger partial charge is 0.415 e. The minimum Gasteiger partial charge on any atom is -0.415 e. The Bertz CT molecular complexity index is 656. The van der Waals surface area contributed by atoms with Crippen molar-refractivity contribution >= 4 is 17.5 Å². The van der Waals surface area contributed by atoms with Gasteiger partial charge in [-0.2, -0.15) is 0 Å². The number of quaternary nitrogens is 1. The first kappa shape index (κ1) is 16.0. The molecule has 0 unspecified atom stereocenters. The van der Waals surface area contributed by atoms with Gasteiger partial charge in [-0.15, -0.1) is 10.2 Å². The van der Waals surface area contributed by atoms with Crippen LogP contribution in [0.5, 0.6) is 0 Å². The number of halogens is 1. The van der Waals surface area contributed by atoms with E-state index in [4.69, 9.17) is 16.0 Å².